The molecule has 19 heavy (non-hydrogen) atoms. The molecule has 3 N–H and O–H groups in total. The van der Waals surface area contributed by atoms with E-state index in [9.17, 15) is 9.59 Å². The largest absolute Gasteiger partial charge is 0.338 e. The maximum atomic E-state index is 12.2. The van der Waals surface area contributed by atoms with Crippen LogP contribution in [-0.4, -0.2) is 60.5 Å². The van der Waals surface area contributed by atoms with Crippen molar-refractivity contribution in [2.75, 3.05) is 32.7 Å². The third kappa shape index (κ3) is 4.09. The van der Waals surface area contributed by atoms with Gasteiger partial charge in [0, 0.05) is 32.7 Å². The molecule has 6 nitrogen and oxygen atoms in total. The van der Waals surface area contributed by atoms with E-state index in [4.69, 9.17) is 5.73 Å². The number of nitrogens with two attached hydrogens (primary N) is 1. The summed E-state index contributed by atoms with van der Waals surface area (Å²) in [6.07, 6.45) is 0. The minimum Gasteiger partial charge on any atom is -0.338 e. The zero-order chi connectivity index (χ0) is 14.6. The van der Waals surface area contributed by atoms with Crippen LogP contribution in [0.3, 0.4) is 0 Å². The molecule has 1 rings (SSSR count). The van der Waals surface area contributed by atoms with E-state index in [2.05, 4.69) is 5.32 Å². The molecule has 3 amide bonds. The highest BCUT2D eigenvalue weighted by Gasteiger charge is 2.33. The molecule has 1 aliphatic heterocycles. The Balaban J connectivity index is 2.50. The summed E-state index contributed by atoms with van der Waals surface area (Å²) >= 11 is 0. The van der Waals surface area contributed by atoms with Crippen molar-refractivity contribution in [1.82, 2.24) is 15.1 Å². The quantitative estimate of drug-likeness (QED) is 0.754. The standard InChI is InChI=1S/C13H26N4O2/c1-5-15-12(19)17-8-6-16(7-9-17)11(18)10(14)13(2,3)4/h10H,5-9,14H2,1-4H3,(H,15,19)/t10-/m1/s1. The molecule has 1 aliphatic rings. The predicted octanol–water partition coefficient (Wildman–Crippen LogP) is 0.234. The van der Waals surface area contributed by atoms with Gasteiger partial charge in [0.05, 0.1) is 6.04 Å². The van der Waals surface area contributed by atoms with Crippen LogP contribution in [0.25, 0.3) is 0 Å². The minimum absolute atomic E-state index is 0.0250. The molecule has 0 bridgehead atoms. The minimum atomic E-state index is -0.497. The Morgan fingerprint density at radius 2 is 1.63 bits per heavy atom. The number of piperazine rings is 1. The molecular formula is C13H26N4O2. The molecule has 1 atom stereocenters. The second-order valence-electron chi connectivity index (χ2n) is 5.99. The highest BCUT2D eigenvalue weighted by atomic mass is 16.2. The molecule has 110 valence electrons. The summed E-state index contributed by atoms with van der Waals surface area (Å²) in [6.45, 7) is 10.6. The lowest BCUT2D eigenvalue weighted by Gasteiger charge is -2.38. The maximum absolute atomic E-state index is 12.2. The molecule has 0 saturated carbocycles. The summed E-state index contributed by atoms with van der Waals surface area (Å²) in [6, 6.07) is -0.557. The zero-order valence-corrected chi connectivity index (χ0v) is 12.4. The van der Waals surface area contributed by atoms with E-state index < -0.39 is 6.04 Å². The lowest BCUT2D eigenvalue weighted by atomic mass is 9.86. The smallest absolute Gasteiger partial charge is 0.317 e. The van der Waals surface area contributed by atoms with E-state index in [0.717, 1.165) is 0 Å². The fourth-order valence-corrected chi connectivity index (χ4v) is 1.96. The Morgan fingerprint density at radius 1 is 1.16 bits per heavy atom. The van der Waals surface area contributed by atoms with Crippen LogP contribution in [0.1, 0.15) is 27.7 Å². The number of hydrogen-bond acceptors (Lipinski definition) is 3. The highest BCUT2D eigenvalue weighted by Crippen LogP contribution is 2.19. The van der Waals surface area contributed by atoms with Crippen molar-refractivity contribution in [3.63, 3.8) is 0 Å². The van der Waals surface area contributed by atoms with Gasteiger partial charge in [-0.1, -0.05) is 20.8 Å². The predicted molar refractivity (Wildman–Crippen MR) is 74.7 cm³/mol. The van der Waals surface area contributed by atoms with Crippen molar-refractivity contribution in [2.45, 2.75) is 33.7 Å². The van der Waals surface area contributed by atoms with Gasteiger partial charge in [-0.15, -0.1) is 0 Å². The first-order valence-corrected chi connectivity index (χ1v) is 6.84. The Morgan fingerprint density at radius 3 is 2.05 bits per heavy atom. The van der Waals surface area contributed by atoms with Gasteiger partial charge >= 0.3 is 6.03 Å². The summed E-state index contributed by atoms with van der Waals surface area (Å²) in [5, 5.41) is 2.77. The van der Waals surface area contributed by atoms with E-state index in [0.29, 0.717) is 32.7 Å². The average molecular weight is 270 g/mol. The number of nitrogens with zero attached hydrogens (tertiary/aromatic N) is 2. The Bertz CT molecular complexity index is 330. The number of carbonyl (C=O) groups excluding carboxylic acids is 2. The van der Waals surface area contributed by atoms with E-state index in [1.54, 1.807) is 9.80 Å². The Kier molecular flexibility index (Phi) is 5.17. The second kappa shape index (κ2) is 6.23. The normalized spacial score (nSPS) is 18.2. The second-order valence-corrected chi connectivity index (χ2v) is 5.99. The summed E-state index contributed by atoms with van der Waals surface area (Å²) in [5.74, 6) is -0.0250. The first-order chi connectivity index (χ1) is 8.77. The van der Waals surface area contributed by atoms with Crippen molar-refractivity contribution >= 4 is 11.9 Å². The molecule has 1 fully saturated rings. The zero-order valence-electron chi connectivity index (χ0n) is 12.4. The van der Waals surface area contributed by atoms with Crippen molar-refractivity contribution in [1.29, 1.82) is 0 Å². The van der Waals surface area contributed by atoms with Gasteiger partial charge < -0.3 is 20.9 Å². The Labute approximate surface area is 115 Å². The lowest BCUT2D eigenvalue weighted by molar-refractivity contribution is -0.136. The monoisotopic (exact) mass is 270 g/mol. The van der Waals surface area contributed by atoms with Crippen LogP contribution in [0.2, 0.25) is 0 Å². The van der Waals surface area contributed by atoms with Crippen molar-refractivity contribution < 1.29 is 9.59 Å². The molecule has 0 aromatic heterocycles. The summed E-state index contributed by atoms with van der Waals surface area (Å²) in [4.78, 5) is 27.4. The van der Waals surface area contributed by atoms with Gasteiger partial charge in [-0.05, 0) is 12.3 Å². The number of carbonyl (C=O) groups is 2. The summed E-state index contributed by atoms with van der Waals surface area (Å²) < 4.78 is 0. The molecule has 1 saturated heterocycles. The molecule has 6 heteroatoms. The van der Waals surface area contributed by atoms with E-state index in [-0.39, 0.29) is 17.4 Å². The van der Waals surface area contributed by atoms with Crippen LogP contribution < -0.4 is 11.1 Å². The van der Waals surface area contributed by atoms with Gasteiger partial charge in [-0.2, -0.15) is 0 Å². The third-order valence-electron chi connectivity index (χ3n) is 3.41. The van der Waals surface area contributed by atoms with E-state index >= 15 is 0 Å². The summed E-state index contributed by atoms with van der Waals surface area (Å²) in [5.41, 5.74) is 5.74. The van der Waals surface area contributed by atoms with Crippen LogP contribution in [-0.2, 0) is 4.79 Å². The van der Waals surface area contributed by atoms with Gasteiger partial charge in [0.2, 0.25) is 5.91 Å². The third-order valence-corrected chi connectivity index (χ3v) is 3.41. The van der Waals surface area contributed by atoms with Gasteiger partial charge in [-0.3, -0.25) is 4.79 Å². The average Bonchev–Trinajstić information content (AvgIpc) is 2.36. The van der Waals surface area contributed by atoms with E-state index in [1.165, 1.54) is 0 Å². The van der Waals surface area contributed by atoms with Crippen LogP contribution in [0, 0.1) is 5.41 Å². The van der Waals surface area contributed by atoms with Gasteiger partial charge in [0.1, 0.15) is 0 Å². The van der Waals surface area contributed by atoms with Crippen LogP contribution in [0.15, 0.2) is 0 Å². The lowest BCUT2D eigenvalue weighted by Crippen LogP contribution is -2.58. The first-order valence-electron chi connectivity index (χ1n) is 6.84. The molecule has 0 aromatic rings. The Hall–Kier alpha value is -1.30. The molecular weight excluding hydrogens is 244 g/mol. The molecule has 0 spiro atoms. The number of nitrogens with one attached hydrogen (secondary N) is 1. The fraction of sp³-hybridized carbons (Fsp3) is 0.846. The van der Waals surface area contributed by atoms with Crippen LogP contribution in [0.4, 0.5) is 4.79 Å². The summed E-state index contributed by atoms with van der Waals surface area (Å²) in [7, 11) is 0. The van der Waals surface area contributed by atoms with Gasteiger partial charge in [0.15, 0.2) is 0 Å². The van der Waals surface area contributed by atoms with Gasteiger partial charge in [-0.25, -0.2) is 4.79 Å². The fourth-order valence-electron chi connectivity index (χ4n) is 1.96. The van der Waals surface area contributed by atoms with E-state index in [1.807, 2.05) is 27.7 Å². The molecule has 0 radical (unpaired) electrons. The van der Waals surface area contributed by atoms with Gasteiger partial charge in [0.25, 0.3) is 0 Å². The van der Waals surface area contributed by atoms with Crippen LogP contribution in [0.5, 0.6) is 0 Å². The molecule has 0 aliphatic carbocycles. The van der Waals surface area contributed by atoms with Crippen LogP contribution >= 0.6 is 0 Å². The number of urea groups is 1. The molecule has 0 unspecified atom stereocenters. The number of hydrogen-bond donors (Lipinski definition) is 2. The van der Waals surface area contributed by atoms with Crippen molar-refractivity contribution in [3.05, 3.63) is 0 Å². The van der Waals surface area contributed by atoms with Crippen molar-refractivity contribution in [3.8, 4) is 0 Å². The topological polar surface area (TPSA) is 78.7 Å². The molecule has 0 aromatic carbocycles. The highest BCUT2D eigenvalue weighted by molar-refractivity contribution is 5.83. The number of amides is 3. The maximum Gasteiger partial charge on any atom is 0.317 e. The van der Waals surface area contributed by atoms with Crippen molar-refractivity contribution in [2.24, 2.45) is 11.1 Å². The SMILES string of the molecule is CCNC(=O)N1CCN(C(=O)[C@@H](N)C(C)(C)C)CC1. The first kappa shape index (κ1) is 15.8. The molecule has 1 heterocycles. The number of rotatable bonds is 2.